The number of hydrogen-bond acceptors (Lipinski definition) is 5. The van der Waals surface area contributed by atoms with Crippen LogP contribution in [0.2, 0.25) is 0 Å². The first-order chi connectivity index (χ1) is 11.2. The summed E-state index contributed by atoms with van der Waals surface area (Å²) in [6.45, 7) is 0.567. The first kappa shape index (κ1) is 15.4. The van der Waals surface area contributed by atoms with Gasteiger partial charge in [0.15, 0.2) is 5.13 Å². The predicted molar refractivity (Wildman–Crippen MR) is 89.3 cm³/mol. The number of hydrogen-bond donors (Lipinski definition) is 1. The zero-order valence-corrected chi connectivity index (χ0v) is 13.3. The van der Waals surface area contributed by atoms with E-state index in [1.54, 1.807) is 11.6 Å². The van der Waals surface area contributed by atoms with Crippen LogP contribution in [0.1, 0.15) is 24.8 Å². The Morgan fingerprint density at radius 1 is 1.22 bits per heavy atom. The van der Waals surface area contributed by atoms with E-state index in [-0.39, 0.29) is 24.7 Å². The van der Waals surface area contributed by atoms with Gasteiger partial charge in [0.05, 0.1) is 12.3 Å². The van der Waals surface area contributed by atoms with Gasteiger partial charge in [-0.2, -0.15) is 5.10 Å². The van der Waals surface area contributed by atoms with Crippen LogP contribution in [0.4, 0.5) is 5.13 Å². The minimum Gasteiger partial charge on any atom is -0.302 e. The summed E-state index contributed by atoms with van der Waals surface area (Å²) in [5.41, 5.74) is 1.94. The van der Waals surface area contributed by atoms with Crippen molar-refractivity contribution in [1.82, 2.24) is 9.99 Å². The van der Waals surface area contributed by atoms with Crippen molar-refractivity contribution in [1.29, 1.82) is 0 Å². The Kier molecular flexibility index (Phi) is 4.77. The van der Waals surface area contributed by atoms with Crippen LogP contribution in [0, 0.1) is 0 Å². The van der Waals surface area contributed by atoms with Gasteiger partial charge >= 0.3 is 0 Å². The molecule has 0 unspecified atom stereocenters. The zero-order chi connectivity index (χ0) is 16.1. The van der Waals surface area contributed by atoms with Crippen LogP contribution in [0.25, 0.3) is 0 Å². The summed E-state index contributed by atoms with van der Waals surface area (Å²) in [6, 6.07) is 9.81. The maximum atomic E-state index is 12.2. The number of rotatable bonds is 5. The molecule has 23 heavy (non-hydrogen) atoms. The van der Waals surface area contributed by atoms with Crippen molar-refractivity contribution in [3.63, 3.8) is 0 Å². The molecule has 3 rings (SSSR count). The molecular formula is C16H16N4O2S. The maximum absolute atomic E-state index is 12.2. The van der Waals surface area contributed by atoms with E-state index >= 15 is 0 Å². The van der Waals surface area contributed by atoms with Crippen molar-refractivity contribution in [2.24, 2.45) is 5.10 Å². The van der Waals surface area contributed by atoms with Gasteiger partial charge in [-0.15, -0.1) is 11.3 Å². The average Bonchev–Trinajstić information content (AvgIpc) is 3.25. The van der Waals surface area contributed by atoms with E-state index in [1.165, 1.54) is 16.3 Å². The topological polar surface area (TPSA) is 74.7 Å². The first-order valence-corrected chi connectivity index (χ1v) is 8.23. The highest BCUT2D eigenvalue weighted by Crippen LogP contribution is 2.15. The van der Waals surface area contributed by atoms with Crippen molar-refractivity contribution in [2.45, 2.75) is 19.3 Å². The molecule has 0 radical (unpaired) electrons. The van der Waals surface area contributed by atoms with Crippen LogP contribution in [0.5, 0.6) is 0 Å². The Morgan fingerprint density at radius 2 is 2.04 bits per heavy atom. The number of amides is 2. The summed E-state index contributed by atoms with van der Waals surface area (Å²) in [5.74, 6) is -0.343. The summed E-state index contributed by atoms with van der Waals surface area (Å²) < 4.78 is 0. The fourth-order valence-electron chi connectivity index (χ4n) is 2.29. The highest BCUT2D eigenvalue weighted by atomic mass is 32.1. The van der Waals surface area contributed by atoms with E-state index < -0.39 is 0 Å². The van der Waals surface area contributed by atoms with Crippen molar-refractivity contribution in [3.8, 4) is 0 Å². The molecular weight excluding hydrogens is 312 g/mol. The van der Waals surface area contributed by atoms with Crippen molar-refractivity contribution in [2.75, 3.05) is 11.9 Å². The molecule has 2 heterocycles. The number of benzene rings is 1. The van der Waals surface area contributed by atoms with Gasteiger partial charge in [-0.05, 0) is 5.56 Å². The molecule has 1 aromatic heterocycles. The number of aromatic nitrogens is 1. The molecule has 0 aliphatic carbocycles. The maximum Gasteiger partial charge on any atom is 0.243 e. The van der Waals surface area contributed by atoms with Crippen LogP contribution in [0.3, 0.4) is 0 Å². The van der Waals surface area contributed by atoms with E-state index in [4.69, 9.17) is 0 Å². The molecule has 1 aliphatic heterocycles. The Bertz CT molecular complexity index is 713. The summed E-state index contributed by atoms with van der Waals surface area (Å²) >= 11 is 1.35. The van der Waals surface area contributed by atoms with E-state index in [1.807, 2.05) is 30.3 Å². The highest BCUT2D eigenvalue weighted by molar-refractivity contribution is 7.13. The lowest BCUT2D eigenvalue weighted by Crippen LogP contribution is -2.24. The van der Waals surface area contributed by atoms with Gasteiger partial charge in [-0.1, -0.05) is 30.3 Å². The SMILES string of the molecule is O=C(CCC(=O)N1CCC(c2ccccc2)=N1)Nc1nccs1. The number of hydrazone groups is 1. The van der Waals surface area contributed by atoms with Crippen molar-refractivity contribution < 1.29 is 9.59 Å². The number of nitrogens with zero attached hydrogens (tertiary/aromatic N) is 3. The fraction of sp³-hybridized carbons (Fsp3) is 0.250. The van der Waals surface area contributed by atoms with Crippen LogP contribution in [0.15, 0.2) is 47.0 Å². The monoisotopic (exact) mass is 328 g/mol. The van der Waals surface area contributed by atoms with Crippen LogP contribution in [-0.2, 0) is 9.59 Å². The largest absolute Gasteiger partial charge is 0.302 e. The number of carbonyl (C=O) groups is 2. The molecule has 0 fully saturated rings. The lowest BCUT2D eigenvalue weighted by Gasteiger charge is -2.10. The molecule has 6 nitrogen and oxygen atoms in total. The summed E-state index contributed by atoms with van der Waals surface area (Å²) in [4.78, 5) is 27.9. The predicted octanol–water partition coefficient (Wildman–Crippen LogP) is 2.50. The van der Waals surface area contributed by atoms with Crippen molar-refractivity contribution >= 4 is 34.0 Å². The Morgan fingerprint density at radius 3 is 2.78 bits per heavy atom. The minimum atomic E-state index is -0.209. The lowest BCUT2D eigenvalue weighted by molar-refractivity contribution is -0.132. The third-order valence-electron chi connectivity index (χ3n) is 3.44. The minimum absolute atomic E-state index is 0.130. The Hall–Kier alpha value is -2.54. The molecule has 0 bridgehead atoms. The summed E-state index contributed by atoms with van der Waals surface area (Å²) in [7, 11) is 0. The van der Waals surface area contributed by atoms with Crippen LogP contribution >= 0.6 is 11.3 Å². The number of carbonyl (C=O) groups excluding carboxylic acids is 2. The molecule has 1 aliphatic rings. The average molecular weight is 328 g/mol. The molecule has 7 heteroatoms. The van der Waals surface area contributed by atoms with E-state index in [9.17, 15) is 9.59 Å². The standard InChI is InChI=1S/C16H16N4O2S/c21-14(18-16-17-9-11-23-16)6-7-15(22)20-10-8-13(19-20)12-4-2-1-3-5-12/h1-5,9,11H,6-8,10H2,(H,17,18,21). The molecule has 2 amide bonds. The van der Waals surface area contributed by atoms with Gasteiger partial charge in [0.25, 0.3) is 0 Å². The fourth-order valence-corrected chi connectivity index (χ4v) is 2.83. The van der Waals surface area contributed by atoms with Crippen LogP contribution in [-0.4, -0.2) is 34.1 Å². The quantitative estimate of drug-likeness (QED) is 0.916. The number of anilines is 1. The summed E-state index contributed by atoms with van der Waals surface area (Å²) in [5, 5.41) is 10.8. The Balaban J connectivity index is 1.51. The highest BCUT2D eigenvalue weighted by Gasteiger charge is 2.21. The smallest absolute Gasteiger partial charge is 0.243 e. The van der Waals surface area contributed by atoms with Crippen LogP contribution < -0.4 is 5.32 Å². The molecule has 0 saturated carbocycles. The molecule has 2 aromatic rings. The number of thiazole rings is 1. The molecule has 1 aromatic carbocycles. The molecule has 0 atom stereocenters. The zero-order valence-electron chi connectivity index (χ0n) is 12.4. The van der Waals surface area contributed by atoms with E-state index in [2.05, 4.69) is 15.4 Å². The first-order valence-electron chi connectivity index (χ1n) is 7.35. The number of nitrogens with one attached hydrogen (secondary N) is 1. The second-order valence-electron chi connectivity index (χ2n) is 5.07. The lowest BCUT2D eigenvalue weighted by atomic mass is 10.1. The molecule has 0 saturated heterocycles. The second-order valence-corrected chi connectivity index (χ2v) is 5.96. The Labute approximate surface area is 137 Å². The van der Waals surface area contributed by atoms with Crippen molar-refractivity contribution in [3.05, 3.63) is 47.5 Å². The summed E-state index contributed by atoms with van der Waals surface area (Å²) in [6.07, 6.45) is 2.63. The molecule has 118 valence electrons. The molecule has 0 spiro atoms. The van der Waals surface area contributed by atoms with Gasteiger partial charge in [0, 0.05) is 30.8 Å². The van der Waals surface area contributed by atoms with E-state index in [0.717, 1.165) is 17.7 Å². The second kappa shape index (κ2) is 7.15. The van der Waals surface area contributed by atoms with Gasteiger partial charge in [0.1, 0.15) is 0 Å². The van der Waals surface area contributed by atoms with Gasteiger partial charge in [-0.25, -0.2) is 9.99 Å². The molecule has 1 N–H and O–H groups in total. The third-order valence-corrected chi connectivity index (χ3v) is 4.13. The van der Waals surface area contributed by atoms with E-state index in [0.29, 0.717) is 11.7 Å². The third kappa shape index (κ3) is 4.01. The normalized spacial score (nSPS) is 13.7. The van der Waals surface area contributed by atoms with Gasteiger partial charge in [0.2, 0.25) is 11.8 Å². The van der Waals surface area contributed by atoms with Gasteiger partial charge < -0.3 is 5.32 Å². The van der Waals surface area contributed by atoms with Gasteiger partial charge in [-0.3, -0.25) is 9.59 Å².